The van der Waals surface area contributed by atoms with E-state index in [0.717, 1.165) is 49.9 Å². The summed E-state index contributed by atoms with van der Waals surface area (Å²) in [5.41, 5.74) is 3.27. The molecule has 0 atom stereocenters. The summed E-state index contributed by atoms with van der Waals surface area (Å²) in [6, 6.07) is 6.05. The van der Waals surface area contributed by atoms with Gasteiger partial charge in [-0.05, 0) is 49.9 Å². The fourth-order valence-electron chi connectivity index (χ4n) is 2.70. The second-order valence-electron chi connectivity index (χ2n) is 6.69. The maximum atomic E-state index is 12.4. The Morgan fingerprint density at radius 1 is 1.18 bits per heavy atom. The Kier molecular flexibility index (Phi) is 5.83. The van der Waals surface area contributed by atoms with Crippen LogP contribution in [0.15, 0.2) is 18.2 Å². The molecule has 4 heteroatoms. The predicted molar refractivity (Wildman–Crippen MR) is 92.4 cm³/mol. The molecular weight excluding hydrogens is 274 g/mol. The molecule has 0 unspecified atom stereocenters. The van der Waals surface area contributed by atoms with Crippen LogP contribution >= 0.6 is 0 Å². The van der Waals surface area contributed by atoms with Gasteiger partial charge >= 0.3 is 6.03 Å². The van der Waals surface area contributed by atoms with Gasteiger partial charge in [0.1, 0.15) is 0 Å². The quantitative estimate of drug-likeness (QED) is 0.924. The lowest BCUT2D eigenvalue weighted by Gasteiger charge is -2.35. The monoisotopic (exact) mass is 303 g/mol. The van der Waals surface area contributed by atoms with E-state index in [1.54, 1.807) is 0 Å². The Bertz CT molecular complexity index is 505. The van der Waals surface area contributed by atoms with Gasteiger partial charge in [-0.3, -0.25) is 4.90 Å². The molecule has 1 aromatic rings. The summed E-state index contributed by atoms with van der Waals surface area (Å²) in [7, 11) is 0. The van der Waals surface area contributed by atoms with E-state index < -0.39 is 0 Å². The number of aryl methyl sites for hydroxylation is 1. The number of nitrogens with one attached hydrogen (secondary N) is 1. The smallest absolute Gasteiger partial charge is 0.321 e. The van der Waals surface area contributed by atoms with Crippen molar-refractivity contribution in [2.45, 2.75) is 34.1 Å². The van der Waals surface area contributed by atoms with Crippen molar-refractivity contribution in [3.05, 3.63) is 29.3 Å². The van der Waals surface area contributed by atoms with Crippen LogP contribution in [-0.2, 0) is 0 Å². The minimum Gasteiger partial charge on any atom is -0.322 e. The molecule has 0 aromatic heterocycles. The molecule has 22 heavy (non-hydrogen) atoms. The fourth-order valence-corrected chi connectivity index (χ4v) is 2.70. The molecule has 1 saturated heterocycles. The maximum absolute atomic E-state index is 12.4. The second kappa shape index (κ2) is 7.63. The highest BCUT2D eigenvalue weighted by Gasteiger charge is 2.21. The number of urea groups is 1. The first-order valence-corrected chi connectivity index (χ1v) is 8.32. The van der Waals surface area contributed by atoms with Gasteiger partial charge in [0.25, 0.3) is 0 Å². The first-order chi connectivity index (χ1) is 10.5. The highest BCUT2D eigenvalue weighted by molar-refractivity contribution is 5.90. The van der Waals surface area contributed by atoms with Crippen LogP contribution in [0.5, 0.6) is 0 Å². The van der Waals surface area contributed by atoms with Gasteiger partial charge in [-0.2, -0.15) is 0 Å². The van der Waals surface area contributed by atoms with Crippen LogP contribution in [-0.4, -0.2) is 48.6 Å². The lowest BCUT2D eigenvalue weighted by Crippen LogP contribution is -2.50. The number of benzene rings is 1. The van der Waals surface area contributed by atoms with Crippen LogP contribution in [0.2, 0.25) is 0 Å². The highest BCUT2D eigenvalue weighted by Crippen LogP contribution is 2.18. The SMILES string of the molecule is Cc1cccc(NC(=O)N2CCN(CCC(C)C)CC2)c1C. The average molecular weight is 303 g/mol. The molecule has 122 valence electrons. The number of piperazine rings is 1. The molecule has 1 heterocycles. The van der Waals surface area contributed by atoms with Gasteiger partial charge in [0.2, 0.25) is 0 Å². The number of hydrogen-bond donors (Lipinski definition) is 1. The van der Waals surface area contributed by atoms with Gasteiger partial charge in [-0.25, -0.2) is 4.79 Å². The van der Waals surface area contributed by atoms with Gasteiger partial charge in [-0.15, -0.1) is 0 Å². The van der Waals surface area contributed by atoms with Crippen molar-refractivity contribution in [1.82, 2.24) is 9.80 Å². The van der Waals surface area contributed by atoms with Gasteiger partial charge in [-0.1, -0.05) is 26.0 Å². The molecule has 1 aromatic carbocycles. The lowest BCUT2D eigenvalue weighted by atomic mass is 10.1. The van der Waals surface area contributed by atoms with Crippen molar-refractivity contribution >= 4 is 11.7 Å². The summed E-state index contributed by atoms with van der Waals surface area (Å²) in [5, 5.41) is 3.05. The molecule has 1 N–H and O–H groups in total. The third kappa shape index (κ3) is 4.47. The van der Waals surface area contributed by atoms with E-state index in [9.17, 15) is 4.79 Å². The first-order valence-electron chi connectivity index (χ1n) is 8.32. The minimum atomic E-state index is 0.0252. The Balaban J connectivity index is 1.84. The summed E-state index contributed by atoms with van der Waals surface area (Å²) in [5.74, 6) is 0.741. The number of hydrogen-bond acceptors (Lipinski definition) is 2. The standard InChI is InChI=1S/C18H29N3O/c1-14(2)8-9-20-10-12-21(13-11-20)18(22)19-17-7-5-6-15(3)16(17)4/h5-7,14H,8-13H2,1-4H3,(H,19,22). The summed E-state index contributed by atoms with van der Waals surface area (Å²) >= 11 is 0. The fraction of sp³-hybridized carbons (Fsp3) is 0.611. The molecular formula is C18H29N3O. The van der Waals surface area contributed by atoms with E-state index in [1.165, 1.54) is 12.0 Å². The lowest BCUT2D eigenvalue weighted by molar-refractivity contribution is 0.143. The van der Waals surface area contributed by atoms with Crippen molar-refractivity contribution in [3.63, 3.8) is 0 Å². The molecule has 1 aliphatic rings. The predicted octanol–water partition coefficient (Wildman–Crippen LogP) is 3.50. The van der Waals surface area contributed by atoms with Crippen molar-refractivity contribution in [2.75, 3.05) is 38.0 Å². The Labute approximate surface area is 134 Å². The molecule has 2 rings (SSSR count). The highest BCUT2D eigenvalue weighted by atomic mass is 16.2. The van der Waals surface area contributed by atoms with Gasteiger partial charge < -0.3 is 10.2 Å². The van der Waals surface area contributed by atoms with E-state index >= 15 is 0 Å². The number of anilines is 1. The zero-order valence-electron chi connectivity index (χ0n) is 14.4. The molecule has 0 bridgehead atoms. The molecule has 0 spiro atoms. The topological polar surface area (TPSA) is 35.6 Å². The summed E-state index contributed by atoms with van der Waals surface area (Å²) in [4.78, 5) is 16.8. The largest absolute Gasteiger partial charge is 0.322 e. The normalized spacial score (nSPS) is 16.1. The van der Waals surface area contributed by atoms with Crippen molar-refractivity contribution in [2.24, 2.45) is 5.92 Å². The number of carbonyl (C=O) groups excluding carboxylic acids is 1. The average Bonchev–Trinajstić information content (AvgIpc) is 2.50. The first kappa shape index (κ1) is 16.8. The molecule has 4 nitrogen and oxygen atoms in total. The van der Waals surface area contributed by atoms with Crippen LogP contribution in [0, 0.1) is 19.8 Å². The van der Waals surface area contributed by atoms with Crippen LogP contribution in [0.4, 0.5) is 10.5 Å². The zero-order valence-corrected chi connectivity index (χ0v) is 14.4. The molecule has 1 fully saturated rings. The summed E-state index contributed by atoms with van der Waals surface area (Å²) in [6.45, 7) is 13.4. The van der Waals surface area contributed by atoms with E-state index in [-0.39, 0.29) is 6.03 Å². The summed E-state index contributed by atoms with van der Waals surface area (Å²) < 4.78 is 0. The van der Waals surface area contributed by atoms with Crippen LogP contribution in [0.3, 0.4) is 0 Å². The Morgan fingerprint density at radius 3 is 2.50 bits per heavy atom. The summed E-state index contributed by atoms with van der Waals surface area (Å²) in [6.07, 6.45) is 1.23. The zero-order chi connectivity index (χ0) is 16.1. The molecule has 0 aliphatic carbocycles. The van der Waals surface area contributed by atoms with E-state index in [1.807, 2.05) is 17.0 Å². The van der Waals surface area contributed by atoms with Crippen LogP contribution in [0.25, 0.3) is 0 Å². The molecule has 0 radical (unpaired) electrons. The number of rotatable bonds is 4. The van der Waals surface area contributed by atoms with Gasteiger partial charge in [0.05, 0.1) is 0 Å². The van der Waals surface area contributed by atoms with E-state index in [0.29, 0.717) is 0 Å². The number of carbonyl (C=O) groups is 1. The Hall–Kier alpha value is -1.55. The van der Waals surface area contributed by atoms with E-state index in [4.69, 9.17) is 0 Å². The molecule has 2 amide bonds. The van der Waals surface area contributed by atoms with Gasteiger partial charge in [0.15, 0.2) is 0 Å². The maximum Gasteiger partial charge on any atom is 0.321 e. The van der Waals surface area contributed by atoms with Crippen LogP contribution in [0.1, 0.15) is 31.4 Å². The van der Waals surface area contributed by atoms with Crippen molar-refractivity contribution in [3.8, 4) is 0 Å². The molecule has 0 saturated carbocycles. The third-order valence-electron chi connectivity index (χ3n) is 4.53. The molecule has 1 aliphatic heterocycles. The Morgan fingerprint density at radius 2 is 1.86 bits per heavy atom. The van der Waals surface area contributed by atoms with Crippen molar-refractivity contribution in [1.29, 1.82) is 0 Å². The van der Waals surface area contributed by atoms with E-state index in [2.05, 4.69) is 44.0 Å². The minimum absolute atomic E-state index is 0.0252. The van der Waals surface area contributed by atoms with Crippen molar-refractivity contribution < 1.29 is 4.79 Å². The second-order valence-corrected chi connectivity index (χ2v) is 6.69. The third-order valence-corrected chi connectivity index (χ3v) is 4.53. The van der Waals surface area contributed by atoms with Gasteiger partial charge in [0, 0.05) is 31.9 Å². The number of amides is 2. The number of nitrogens with zero attached hydrogens (tertiary/aromatic N) is 2. The van der Waals surface area contributed by atoms with Crippen LogP contribution < -0.4 is 5.32 Å².